The van der Waals surface area contributed by atoms with E-state index < -0.39 is 0 Å². The lowest BCUT2D eigenvalue weighted by Gasteiger charge is -2.14. The fourth-order valence-corrected chi connectivity index (χ4v) is 0. The first-order chi connectivity index (χ1) is 2.27. The maximum Gasteiger partial charge on any atom is -0.0419 e. The Bertz CT molecular complexity index is 20.9. The molecule has 0 aromatic carbocycles. The van der Waals surface area contributed by atoms with E-state index in [0.29, 0.717) is 0 Å². The minimum atomic E-state index is 1.69. The lowest BCUT2D eigenvalue weighted by Crippen LogP contribution is -2.01. The van der Waals surface area contributed by atoms with Gasteiger partial charge in [-0.2, -0.15) is 0 Å². The fraction of sp³-hybridized carbons (Fsp3) is 0.667. The van der Waals surface area contributed by atoms with Crippen molar-refractivity contribution in [3.63, 3.8) is 0 Å². The molecule has 1 nitrogen and oxygen atoms in total. The SMILES string of the molecule is CN(C)[CH-]S. The van der Waals surface area contributed by atoms with E-state index in [-0.39, 0.29) is 0 Å². The average molecular weight is 90.2 g/mol. The molecule has 0 bridgehead atoms. The Morgan fingerprint density at radius 1 is 1.60 bits per heavy atom. The summed E-state index contributed by atoms with van der Waals surface area (Å²) in [6.45, 7) is 0. The van der Waals surface area contributed by atoms with Gasteiger partial charge >= 0.3 is 0 Å². The molecule has 0 fully saturated rings. The highest BCUT2D eigenvalue weighted by atomic mass is 32.1. The first-order valence-electron chi connectivity index (χ1n) is 1.41. The van der Waals surface area contributed by atoms with E-state index in [0.717, 1.165) is 0 Å². The summed E-state index contributed by atoms with van der Waals surface area (Å²) in [4.78, 5) is 1.86. The summed E-state index contributed by atoms with van der Waals surface area (Å²) in [7, 11) is 3.85. The molecule has 0 rings (SSSR count). The van der Waals surface area contributed by atoms with Crippen molar-refractivity contribution >= 4 is 12.6 Å². The Balaban J connectivity index is 2.54. The standard InChI is InChI=1S/C3H8NS/c1-4(2)3-5/h3,5H,1-2H3/q-1. The number of hydrogen-bond donors (Lipinski definition) is 1. The summed E-state index contributed by atoms with van der Waals surface area (Å²) < 4.78 is 0. The van der Waals surface area contributed by atoms with Gasteiger partial charge in [0.1, 0.15) is 0 Å². The molecule has 2 heteroatoms. The summed E-state index contributed by atoms with van der Waals surface area (Å²) in [5.41, 5.74) is 0. The molecule has 0 radical (unpaired) electrons. The van der Waals surface area contributed by atoms with Crippen molar-refractivity contribution in [3.8, 4) is 0 Å². The van der Waals surface area contributed by atoms with Gasteiger partial charge in [0.15, 0.2) is 0 Å². The largest absolute Gasteiger partial charge is 0.452 e. The molecule has 0 unspecified atom stereocenters. The van der Waals surface area contributed by atoms with E-state index in [2.05, 4.69) is 12.6 Å². The normalized spacial score (nSPS) is 9.60. The number of hydrogen-bond acceptors (Lipinski definition) is 2. The van der Waals surface area contributed by atoms with Gasteiger partial charge in [0.25, 0.3) is 0 Å². The van der Waals surface area contributed by atoms with Crippen LogP contribution in [0, 0.1) is 5.88 Å². The predicted molar refractivity (Wildman–Crippen MR) is 27.0 cm³/mol. The van der Waals surface area contributed by atoms with E-state index in [1.165, 1.54) is 0 Å². The summed E-state index contributed by atoms with van der Waals surface area (Å²) in [5.74, 6) is 1.69. The predicted octanol–water partition coefficient (Wildman–Crippen LogP) is 0.597. The van der Waals surface area contributed by atoms with Gasteiger partial charge in [0.05, 0.1) is 0 Å². The Kier molecular flexibility index (Phi) is 2.70. The van der Waals surface area contributed by atoms with Crippen LogP contribution in [0.5, 0.6) is 0 Å². The molecular weight excluding hydrogens is 82.1 g/mol. The number of rotatable bonds is 1. The van der Waals surface area contributed by atoms with E-state index in [1.54, 1.807) is 5.88 Å². The monoisotopic (exact) mass is 90.0 g/mol. The van der Waals surface area contributed by atoms with Crippen molar-refractivity contribution in [3.05, 3.63) is 5.88 Å². The second-order valence-corrected chi connectivity index (χ2v) is 1.31. The third-order valence-electron chi connectivity index (χ3n) is 0.231. The maximum atomic E-state index is 3.82. The zero-order valence-corrected chi connectivity index (χ0v) is 4.37. The molecule has 0 aromatic heterocycles. The van der Waals surface area contributed by atoms with Crippen LogP contribution in [0.4, 0.5) is 0 Å². The van der Waals surface area contributed by atoms with E-state index in [9.17, 15) is 0 Å². The van der Waals surface area contributed by atoms with Crippen LogP contribution in [0.3, 0.4) is 0 Å². The Labute approximate surface area is 38.4 Å². The second kappa shape index (κ2) is 2.54. The van der Waals surface area contributed by atoms with Crippen molar-refractivity contribution in [2.45, 2.75) is 0 Å². The summed E-state index contributed by atoms with van der Waals surface area (Å²) in [6.07, 6.45) is 0. The van der Waals surface area contributed by atoms with Gasteiger partial charge in [-0.05, 0) is 14.1 Å². The molecule has 0 saturated carbocycles. The fourth-order valence-electron chi connectivity index (χ4n) is 0. The first-order valence-corrected chi connectivity index (χ1v) is 1.93. The van der Waals surface area contributed by atoms with Gasteiger partial charge in [-0.1, -0.05) is 0 Å². The second-order valence-electron chi connectivity index (χ2n) is 1.08. The molecule has 0 aliphatic carbocycles. The van der Waals surface area contributed by atoms with Crippen LogP contribution in [-0.2, 0) is 0 Å². The van der Waals surface area contributed by atoms with Crippen LogP contribution >= 0.6 is 12.6 Å². The molecule has 0 atom stereocenters. The van der Waals surface area contributed by atoms with E-state index in [1.807, 2.05) is 19.0 Å². The highest BCUT2D eigenvalue weighted by Crippen LogP contribution is 1.82. The first kappa shape index (κ1) is 5.31. The molecule has 0 aliphatic rings. The molecule has 32 valence electrons. The molecular formula is C3H8NS-. The quantitative estimate of drug-likeness (QED) is 0.364. The van der Waals surface area contributed by atoms with Gasteiger partial charge in [0.2, 0.25) is 0 Å². The Morgan fingerprint density at radius 2 is 1.80 bits per heavy atom. The van der Waals surface area contributed by atoms with Crippen LogP contribution < -0.4 is 0 Å². The van der Waals surface area contributed by atoms with Gasteiger partial charge in [-0.25, -0.2) is 5.88 Å². The molecule has 0 aliphatic heterocycles. The van der Waals surface area contributed by atoms with Gasteiger partial charge in [-0.15, -0.1) is 0 Å². The topological polar surface area (TPSA) is 3.24 Å². The summed E-state index contributed by atoms with van der Waals surface area (Å²) in [5, 5.41) is 0. The molecule has 0 spiro atoms. The Morgan fingerprint density at radius 3 is 1.80 bits per heavy atom. The molecule has 0 N–H and O–H groups in total. The minimum Gasteiger partial charge on any atom is -0.452 e. The van der Waals surface area contributed by atoms with Crippen molar-refractivity contribution in [2.75, 3.05) is 14.1 Å². The van der Waals surface area contributed by atoms with Crippen LogP contribution in [0.2, 0.25) is 0 Å². The highest BCUT2D eigenvalue weighted by molar-refractivity contribution is 7.82. The zero-order valence-electron chi connectivity index (χ0n) is 3.47. The maximum absolute atomic E-state index is 3.82. The minimum absolute atomic E-state index is 1.69. The van der Waals surface area contributed by atoms with Gasteiger partial charge in [-0.3, -0.25) is 0 Å². The molecule has 0 heterocycles. The van der Waals surface area contributed by atoms with Crippen molar-refractivity contribution in [1.82, 2.24) is 4.90 Å². The molecule has 0 saturated heterocycles. The van der Waals surface area contributed by atoms with Crippen molar-refractivity contribution in [1.29, 1.82) is 0 Å². The lowest BCUT2D eigenvalue weighted by molar-refractivity contribution is 0.544. The van der Waals surface area contributed by atoms with Crippen LogP contribution in [0.25, 0.3) is 0 Å². The van der Waals surface area contributed by atoms with Crippen LogP contribution in [0.15, 0.2) is 0 Å². The van der Waals surface area contributed by atoms with Gasteiger partial charge < -0.3 is 17.5 Å². The van der Waals surface area contributed by atoms with Crippen LogP contribution in [0.1, 0.15) is 0 Å². The van der Waals surface area contributed by atoms with Gasteiger partial charge in [0, 0.05) is 0 Å². The molecule has 0 amide bonds. The summed E-state index contributed by atoms with van der Waals surface area (Å²) in [6, 6.07) is 0. The smallest absolute Gasteiger partial charge is 0.0419 e. The average Bonchev–Trinajstić information content (AvgIpc) is 1.38. The van der Waals surface area contributed by atoms with E-state index >= 15 is 0 Å². The molecule has 0 aromatic rings. The molecule has 5 heavy (non-hydrogen) atoms. The lowest BCUT2D eigenvalue weighted by atomic mass is 11.0. The van der Waals surface area contributed by atoms with Crippen molar-refractivity contribution < 1.29 is 0 Å². The highest BCUT2D eigenvalue weighted by Gasteiger charge is 1.58. The van der Waals surface area contributed by atoms with E-state index in [4.69, 9.17) is 0 Å². The third kappa shape index (κ3) is 4.31. The Hall–Kier alpha value is 0.310. The summed E-state index contributed by atoms with van der Waals surface area (Å²) >= 11 is 3.82. The van der Waals surface area contributed by atoms with Crippen LogP contribution in [-0.4, -0.2) is 19.0 Å². The number of nitrogens with zero attached hydrogens (tertiary/aromatic N) is 1. The van der Waals surface area contributed by atoms with Crippen molar-refractivity contribution in [2.24, 2.45) is 0 Å². The number of thiol groups is 1. The zero-order chi connectivity index (χ0) is 4.28. The third-order valence-corrected chi connectivity index (χ3v) is 0.693.